The van der Waals surface area contributed by atoms with Crippen LogP contribution in [0.15, 0.2) is 12.1 Å². The summed E-state index contributed by atoms with van der Waals surface area (Å²) in [6.45, 7) is 0.477. The van der Waals surface area contributed by atoms with Gasteiger partial charge in [0.2, 0.25) is 0 Å². The maximum Gasteiger partial charge on any atom is 0.332 e. The maximum atomic E-state index is 13.9. The monoisotopic (exact) mass is 456 g/mol. The third-order valence-electron chi connectivity index (χ3n) is 5.62. The summed E-state index contributed by atoms with van der Waals surface area (Å²) in [5.41, 5.74) is -1.29. The Labute approximate surface area is 163 Å². The molecule has 0 spiro atoms. The fourth-order valence-electron chi connectivity index (χ4n) is 4.09. The molecule has 0 amide bonds. The second kappa shape index (κ2) is 8.74. The minimum Gasteiger partial charge on any atom is -0.348 e. The topological polar surface area (TPSA) is 18.5 Å². The molecule has 2 fully saturated rings. The molecule has 3 rings (SSSR count). The summed E-state index contributed by atoms with van der Waals surface area (Å²) in [6.07, 6.45) is 3.61. The summed E-state index contributed by atoms with van der Waals surface area (Å²) in [5.74, 6) is -1.67. The molecule has 1 aromatic carbocycles. The van der Waals surface area contributed by atoms with Gasteiger partial charge in [-0.05, 0) is 59.2 Å². The van der Waals surface area contributed by atoms with Crippen molar-refractivity contribution in [1.29, 1.82) is 0 Å². The molecule has 2 nitrogen and oxygen atoms in total. The zero-order valence-electron chi connectivity index (χ0n) is 14.7. The Balaban J connectivity index is 1.58. The average molecular weight is 457 g/mol. The van der Waals surface area contributed by atoms with Crippen molar-refractivity contribution in [2.75, 3.05) is 19.9 Å². The van der Waals surface area contributed by atoms with Crippen LogP contribution in [0, 0.1) is 29.4 Å². The van der Waals surface area contributed by atoms with E-state index in [0.29, 0.717) is 31.5 Å². The fourth-order valence-corrected chi connectivity index (χ4v) is 4.46. The molecule has 0 radical (unpaired) electrons. The number of halogens is 6. The Kier molecular flexibility index (Phi) is 6.79. The van der Waals surface area contributed by atoms with Crippen molar-refractivity contribution >= 4 is 15.9 Å². The number of hydrogen-bond acceptors (Lipinski definition) is 2. The van der Waals surface area contributed by atoms with Gasteiger partial charge in [0.25, 0.3) is 0 Å². The molecular formula is C19H22BrF5O2. The number of benzene rings is 1. The van der Waals surface area contributed by atoms with Crippen molar-refractivity contribution < 1.29 is 31.4 Å². The van der Waals surface area contributed by atoms with Gasteiger partial charge in [0, 0.05) is 11.5 Å². The smallest absolute Gasteiger partial charge is 0.332 e. The molecule has 0 aromatic heterocycles. The Morgan fingerprint density at radius 3 is 2.00 bits per heavy atom. The Bertz CT molecular complexity index is 612. The predicted octanol–water partition coefficient (Wildman–Crippen LogP) is 6.24. The highest BCUT2D eigenvalue weighted by molar-refractivity contribution is 9.09. The third kappa shape index (κ3) is 5.01. The lowest BCUT2D eigenvalue weighted by atomic mass is 9.75. The summed E-state index contributed by atoms with van der Waals surface area (Å²) >= 11 is 1.98. The van der Waals surface area contributed by atoms with Crippen LogP contribution in [0.25, 0.3) is 0 Å². The number of ether oxygens (including phenoxy) is 2. The molecule has 0 unspecified atom stereocenters. The van der Waals surface area contributed by atoms with E-state index in [1.54, 1.807) is 0 Å². The van der Waals surface area contributed by atoms with Crippen LogP contribution in [-0.2, 0) is 14.3 Å². The normalized spacial score (nSPS) is 29.7. The maximum absolute atomic E-state index is 13.9. The van der Waals surface area contributed by atoms with Gasteiger partial charge < -0.3 is 9.47 Å². The first-order chi connectivity index (χ1) is 12.8. The van der Waals surface area contributed by atoms with Crippen molar-refractivity contribution in [3.05, 3.63) is 34.9 Å². The quantitative estimate of drug-likeness (QED) is 0.385. The molecule has 1 saturated carbocycles. The Morgan fingerprint density at radius 2 is 1.52 bits per heavy atom. The molecule has 1 aliphatic heterocycles. The Hall–Kier alpha value is -0.730. The second-order valence-corrected chi connectivity index (χ2v) is 8.37. The molecule has 2 aliphatic rings. The van der Waals surface area contributed by atoms with Crippen molar-refractivity contribution in [3.8, 4) is 0 Å². The first-order valence-corrected chi connectivity index (χ1v) is 9.94. The third-order valence-corrected chi connectivity index (χ3v) is 6.02. The van der Waals surface area contributed by atoms with Gasteiger partial charge in [0.1, 0.15) is 17.2 Å². The molecule has 1 saturated heterocycles. The van der Waals surface area contributed by atoms with Crippen LogP contribution in [-0.4, -0.2) is 19.9 Å². The highest BCUT2D eigenvalue weighted by Gasteiger charge is 2.37. The molecule has 1 aromatic rings. The molecule has 8 heteroatoms. The minimum atomic E-state index is -3.79. The number of hydrogen-bond donors (Lipinski definition) is 0. The molecule has 1 aliphatic carbocycles. The standard InChI is InChI=1S/C19H22BrF5O2/c20-19(24,25)17-15(22)7-13(8-16(17)23)18-26-9-14(10-27-18)12-3-1-11(2-4-12)5-6-21/h7-8,11-12,14,18H,1-6,9-10H2. The summed E-state index contributed by atoms with van der Waals surface area (Å²) < 4.78 is 78.0. The lowest BCUT2D eigenvalue weighted by molar-refractivity contribution is -0.215. The van der Waals surface area contributed by atoms with Gasteiger partial charge >= 0.3 is 4.83 Å². The highest BCUT2D eigenvalue weighted by atomic mass is 79.9. The van der Waals surface area contributed by atoms with Gasteiger partial charge in [0.05, 0.1) is 19.9 Å². The molecule has 0 N–H and O–H groups in total. The second-order valence-electron chi connectivity index (χ2n) is 7.37. The predicted molar refractivity (Wildman–Crippen MR) is 93.4 cm³/mol. The van der Waals surface area contributed by atoms with E-state index in [2.05, 4.69) is 0 Å². The van der Waals surface area contributed by atoms with Crippen LogP contribution < -0.4 is 0 Å². The van der Waals surface area contributed by atoms with Crippen LogP contribution in [0.4, 0.5) is 22.0 Å². The van der Waals surface area contributed by atoms with Gasteiger partial charge in [-0.2, -0.15) is 8.78 Å². The number of alkyl halides is 4. The van der Waals surface area contributed by atoms with Gasteiger partial charge in [-0.25, -0.2) is 8.78 Å². The van der Waals surface area contributed by atoms with Crippen LogP contribution in [0.5, 0.6) is 0 Å². The molecule has 0 atom stereocenters. The van der Waals surface area contributed by atoms with E-state index in [1.807, 2.05) is 15.9 Å². The van der Waals surface area contributed by atoms with E-state index in [4.69, 9.17) is 9.47 Å². The van der Waals surface area contributed by atoms with Crippen molar-refractivity contribution in [1.82, 2.24) is 0 Å². The van der Waals surface area contributed by atoms with Gasteiger partial charge in [0.15, 0.2) is 6.29 Å². The number of rotatable bonds is 5. The fraction of sp³-hybridized carbons (Fsp3) is 0.684. The zero-order valence-corrected chi connectivity index (χ0v) is 16.3. The van der Waals surface area contributed by atoms with Crippen LogP contribution in [0.2, 0.25) is 0 Å². The summed E-state index contributed by atoms with van der Waals surface area (Å²) in [6, 6.07) is 1.64. The van der Waals surface area contributed by atoms with Crippen molar-refractivity contribution in [2.45, 2.75) is 43.2 Å². The highest BCUT2D eigenvalue weighted by Crippen LogP contribution is 2.41. The van der Waals surface area contributed by atoms with Crippen molar-refractivity contribution in [2.24, 2.45) is 17.8 Å². The molecule has 152 valence electrons. The zero-order chi connectivity index (χ0) is 19.6. The molecule has 0 bridgehead atoms. The van der Waals surface area contributed by atoms with E-state index >= 15 is 0 Å². The largest absolute Gasteiger partial charge is 0.348 e. The van der Waals surface area contributed by atoms with E-state index < -0.39 is 28.3 Å². The molecule has 27 heavy (non-hydrogen) atoms. The first-order valence-electron chi connectivity index (χ1n) is 9.15. The van der Waals surface area contributed by atoms with Crippen LogP contribution >= 0.6 is 15.9 Å². The van der Waals surface area contributed by atoms with E-state index in [9.17, 15) is 22.0 Å². The van der Waals surface area contributed by atoms with E-state index in [-0.39, 0.29) is 18.2 Å². The van der Waals surface area contributed by atoms with Gasteiger partial charge in [-0.15, -0.1) is 0 Å². The Morgan fingerprint density at radius 1 is 0.963 bits per heavy atom. The first kappa shape index (κ1) is 21.0. The SMILES string of the molecule is FCCC1CCC(C2COC(c3cc(F)c(C(F)(F)Br)c(F)c3)OC2)CC1. The molecule has 1 heterocycles. The summed E-state index contributed by atoms with van der Waals surface area (Å²) in [4.78, 5) is -3.79. The summed E-state index contributed by atoms with van der Waals surface area (Å²) in [7, 11) is 0. The van der Waals surface area contributed by atoms with E-state index in [0.717, 1.165) is 37.8 Å². The molecular weight excluding hydrogens is 435 g/mol. The van der Waals surface area contributed by atoms with Crippen LogP contribution in [0.3, 0.4) is 0 Å². The van der Waals surface area contributed by atoms with Gasteiger partial charge in [-0.1, -0.05) is 12.8 Å². The minimum absolute atomic E-state index is 0.0376. The van der Waals surface area contributed by atoms with Crippen LogP contribution in [0.1, 0.15) is 49.5 Å². The van der Waals surface area contributed by atoms with E-state index in [1.165, 1.54) is 0 Å². The van der Waals surface area contributed by atoms with Gasteiger partial charge in [-0.3, -0.25) is 4.39 Å². The summed E-state index contributed by atoms with van der Waals surface area (Å²) in [5, 5.41) is 0. The lowest BCUT2D eigenvalue weighted by Crippen LogP contribution is -2.34. The van der Waals surface area contributed by atoms with Crippen molar-refractivity contribution in [3.63, 3.8) is 0 Å². The lowest BCUT2D eigenvalue weighted by Gasteiger charge is -2.37. The average Bonchev–Trinajstić information content (AvgIpc) is 2.61.